The Morgan fingerprint density at radius 1 is 1.44 bits per heavy atom. The van der Waals surface area contributed by atoms with Gasteiger partial charge in [-0.25, -0.2) is 0 Å². The average Bonchev–Trinajstić information content (AvgIpc) is 2.31. The van der Waals surface area contributed by atoms with E-state index < -0.39 is 0 Å². The lowest BCUT2D eigenvalue weighted by Gasteiger charge is -2.23. The van der Waals surface area contributed by atoms with Crippen molar-refractivity contribution >= 4 is 0 Å². The molecule has 2 N–H and O–H groups in total. The molecule has 0 aromatic heterocycles. The zero-order valence-electron chi connectivity index (χ0n) is 10.3. The molecule has 1 aliphatic rings. The van der Waals surface area contributed by atoms with Crippen molar-refractivity contribution in [2.24, 2.45) is 5.92 Å². The lowest BCUT2D eigenvalue weighted by molar-refractivity contribution is 0.0138. The summed E-state index contributed by atoms with van der Waals surface area (Å²) in [5, 5.41) is 12.2. The smallest absolute Gasteiger partial charge is 0.0620 e. The molecule has 0 saturated carbocycles. The van der Waals surface area contributed by atoms with Crippen molar-refractivity contribution in [2.75, 3.05) is 39.6 Å². The van der Waals surface area contributed by atoms with Crippen LogP contribution in [0.5, 0.6) is 0 Å². The highest BCUT2D eigenvalue weighted by molar-refractivity contribution is 4.66. The number of ether oxygens (including phenoxy) is 2. The van der Waals surface area contributed by atoms with E-state index in [-0.39, 0.29) is 12.6 Å². The van der Waals surface area contributed by atoms with Crippen molar-refractivity contribution in [1.29, 1.82) is 0 Å². The van der Waals surface area contributed by atoms with E-state index >= 15 is 0 Å². The Bertz CT molecular complexity index is 154. The fourth-order valence-corrected chi connectivity index (χ4v) is 1.98. The summed E-state index contributed by atoms with van der Waals surface area (Å²) < 4.78 is 11.0. The lowest BCUT2D eigenvalue weighted by atomic mass is 10.0. The topological polar surface area (TPSA) is 50.7 Å². The highest BCUT2D eigenvalue weighted by Gasteiger charge is 2.14. The summed E-state index contributed by atoms with van der Waals surface area (Å²) >= 11 is 0. The average molecular weight is 231 g/mol. The maximum Gasteiger partial charge on any atom is 0.0620 e. The summed E-state index contributed by atoms with van der Waals surface area (Å²) in [7, 11) is 0. The molecule has 0 spiro atoms. The molecule has 96 valence electrons. The van der Waals surface area contributed by atoms with Gasteiger partial charge in [-0.05, 0) is 31.7 Å². The highest BCUT2D eigenvalue weighted by Crippen LogP contribution is 2.14. The highest BCUT2D eigenvalue weighted by atomic mass is 16.5. The molecule has 0 aliphatic carbocycles. The second-order valence-electron chi connectivity index (χ2n) is 4.36. The SMILES string of the molecule is CCNC(CCO)COCC1CCOCC1. The van der Waals surface area contributed by atoms with Gasteiger partial charge in [-0.2, -0.15) is 0 Å². The van der Waals surface area contributed by atoms with Gasteiger partial charge in [0.1, 0.15) is 0 Å². The monoisotopic (exact) mass is 231 g/mol. The summed E-state index contributed by atoms with van der Waals surface area (Å²) in [6.45, 7) is 6.50. The molecule has 0 aromatic rings. The molecular weight excluding hydrogens is 206 g/mol. The number of hydrogen-bond donors (Lipinski definition) is 2. The Morgan fingerprint density at radius 3 is 2.81 bits per heavy atom. The van der Waals surface area contributed by atoms with Crippen molar-refractivity contribution in [1.82, 2.24) is 5.32 Å². The molecule has 16 heavy (non-hydrogen) atoms. The molecule has 1 rings (SSSR count). The van der Waals surface area contributed by atoms with Crippen molar-refractivity contribution in [2.45, 2.75) is 32.2 Å². The second kappa shape index (κ2) is 8.93. The van der Waals surface area contributed by atoms with Crippen LogP contribution in [0.1, 0.15) is 26.2 Å². The Morgan fingerprint density at radius 2 is 2.19 bits per heavy atom. The van der Waals surface area contributed by atoms with Crippen LogP contribution in [-0.2, 0) is 9.47 Å². The quantitative estimate of drug-likeness (QED) is 0.648. The number of likely N-dealkylation sites (N-methyl/N-ethyl adjacent to an activating group) is 1. The number of hydrogen-bond acceptors (Lipinski definition) is 4. The van der Waals surface area contributed by atoms with E-state index in [0.717, 1.165) is 45.6 Å². The first kappa shape index (κ1) is 13.9. The van der Waals surface area contributed by atoms with Gasteiger partial charge in [0.15, 0.2) is 0 Å². The predicted octanol–water partition coefficient (Wildman–Crippen LogP) is 0.790. The minimum atomic E-state index is 0.221. The van der Waals surface area contributed by atoms with Gasteiger partial charge in [-0.1, -0.05) is 6.92 Å². The summed E-state index contributed by atoms with van der Waals surface area (Å²) in [6.07, 6.45) is 3.00. The third-order valence-electron chi connectivity index (χ3n) is 2.98. The summed E-state index contributed by atoms with van der Waals surface area (Å²) in [4.78, 5) is 0. The van der Waals surface area contributed by atoms with Gasteiger partial charge in [-0.15, -0.1) is 0 Å². The standard InChI is InChI=1S/C12H25NO3/c1-2-13-12(3-6-14)10-16-9-11-4-7-15-8-5-11/h11-14H,2-10H2,1H3. The van der Waals surface area contributed by atoms with Gasteiger partial charge in [0.25, 0.3) is 0 Å². The largest absolute Gasteiger partial charge is 0.396 e. The number of nitrogens with one attached hydrogen (secondary N) is 1. The first-order chi connectivity index (χ1) is 7.86. The van der Waals surface area contributed by atoms with Gasteiger partial charge < -0.3 is 19.9 Å². The molecule has 1 fully saturated rings. The Balaban J connectivity index is 2.06. The number of aliphatic hydroxyl groups is 1. The molecule has 1 saturated heterocycles. The minimum Gasteiger partial charge on any atom is -0.396 e. The van der Waals surface area contributed by atoms with Crippen LogP contribution < -0.4 is 5.32 Å². The van der Waals surface area contributed by atoms with E-state index in [2.05, 4.69) is 12.2 Å². The first-order valence-electron chi connectivity index (χ1n) is 6.36. The fraction of sp³-hybridized carbons (Fsp3) is 1.00. The minimum absolute atomic E-state index is 0.221. The van der Waals surface area contributed by atoms with E-state index in [1.54, 1.807) is 0 Å². The van der Waals surface area contributed by atoms with Crippen LogP contribution in [0, 0.1) is 5.92 Å². The van der Waals surface area contributed by atoms with Crippen LogP contribution in [0.3, 0.4) is 0 Å². The lowest BCUT2D eigenvalue weighted by Crippen LogP contribution is -2.35. The van der Waals surface area contributed by atoms with E-state index in [9.17, 15) is 0 Å². The van der Waals surface area contributed by atoms with Crippen LogP contribution in [0.15, 0.2) is 0 Å². The zero-order chi connectivity index (χ0) is 11.6. The van der Waals surface area contributed by atoms with Crippen LogP contribution in [0.2, 0.25) is 0 Å². The molecule has 0 radical (unpaired) electrons. The molecule has 4 heteroatoms. The van der Waals surface area contributed by atoms with Gasteiger partial charge >= 0.3 is 0 Å². The molecule has 0 amide bonds. The van der Waals surface area contributed by atoms with E-state index in [1.807, 2.05) is 0 Å². The van der Waals surface area contributed by atoms with Gasteiger partial charge in [-0.3, -0.25) is 0 Å². The Labute approximate surface area is 98.3 Å². The maximum atomic E-state index is 8.90. The summed E-state index contributed by atoms with van der Waals surface area (Å²) in [5.74, 6) is 0.658. The Hall–Kier alpha value is -0.160. The molecule has 1 aliphatic heterocycles. The molecule has 4 nitrogen and oxygen atoms in total. The summed E-state index contributed by atoms with van der Waals surface area (Å²) in [5.41, 5.74) is 0. The third kappa shape index (κ3) is 5.80. The second-order valence-corrected chi connectivity index (χ2v) is 4.36. The van der Waals surface area contributed by atoms with Crippen LogP contribution in [-0.4, -0.2) is 50.7 Å². The molecule has 0 aromatic carbocycles. The van der Waals surface area contributed by atoms with Crippen LogP contribution >= 0.6 is 0 Å². The number of aliphatic hydroxyl groups excluding tert-OH is 1. The molecule has 1 atom stereocenters. The van der Waals surface area contributed by atoms with Gasteiger partial charge in [0, 0.05) is 32.5 Å². The van der Waals surface area contributed by atoms with Gasteiger partial charge in [0.2, 0.25) is 0 Å². The third-order valence-corrected chi connectivity index (χ3v) is 2.98. The maximum absolute atomic E-state index is 8.90. The molecule has 1 unspecified atom stereocenters. The molecule has 1 heterocycles. The first-order valence-corrected chi connectivity index (χ1v) is 6.36. The molecular formula is C12H25NO3. The zero-order valence-corrected chi connectivity index (χ0v) is 10.3. The van der Waals surface area contributed by atoms with Crippen molar-refractivity contribution in [3.05, 3.63) is 0 Å². The van der Waals surface area contributed by atoms with Crippen molar-refractivity contribution in [3.8, 4) is 0 Å². The van der Waals surface area contributed by atoms with Crippen molar-refractivity contribution < 1.29 is 14.6 Å². The Kier molecular flexibility index (Phi) is 7.76. The van der Waals surface area contributed by atoms with E-state index in [0.29, 0.717) is 12.5 Å². The van der Waals surface area contributed by atoms with E-state index in [4.69, 9.17) is 14.6 Å². The molecule has 0 bridgehead atoms. The summed E-state index contributed by atoms with van der Waals surface area (Å²) in [6, 6.07) is 0.287. The van der Waals surface area contributed by atoms with Gasteiger partial charge in [0.05, 0.1) is 6.61 Å². The predicted molar refractivity (Wildman–Crippen MR) is 63.5 cm³/mol. The normalized spacial score (nSPS) is 19.9. The van der Waals surface area contributed by atoms with Crippen LogP contribution in [0.4, 0.5) is 0 Å². The van der Waals surface area contributed by atoms with Crippen LogP contribution in [0.25, 0.3) is 0 Å². The fourth-order valence-electron chi connectivity index (χ4n) is 1.98. The van der Waals surface area contributed by atoms with E-state index in [1.165, 1.54) is 0 Å². The number of rotatable bonds is 8. The van der Waals surface area contributed by atoms with Crippen molar-refractivity contribution in [3.63, 3.8) is 0 Å².